The molecule has 6 N–H and O–H groups in total. The zero-order valence-electron chi connectivity index (χ0n) is 5.21. The van der Waals surface area contributed by atoms with Crippen molar-refractivity contribution in [3.05, 3.63) is 13.2 Å². The van der Waals surface area contributed by atoms with Crippen molar-refractivity contribution < 1.29 is 48.1 Å². The van der Waals surface area contributed by atoms with Gasteiger partial charge < -0.3 is 13.7 Å². The summed E-state index contributed by atoms with van der Waals surface area (Å²) < 4.78 is 0. The Balaban J connectivity index is -0.000000000500. The van der Waals surface area contributed by atoms with Crippen LogP contribution in [0.4, 0.5) is 0 Å². The van der Waals surface area contributed by atoms with Crippen molar-refractivity contribution in [2.45, 2.75) is 0 Å². The number of rotatable bonds is 0. The first-order valence-corrected chi connectivity index (χ1v) is 0.500. The van der Waals surface area contributed by atoms with Gasteiger partial charge in [0.05, 0.1) is 0 Å². The molecule has 0 aromatic carbocycles. The second-order valence-corrected chi connectivity index (χ2v) is 0. The topological polar surface area (TPSA) is 70.0 Å². The van der Waals surface area contributed by atoms with E-state index in [1.54, 1.807) is 0 Å². The van der Waals surface area contributed by atoms with E-state index in [-0.39, 0.29) is 60.4 Å². The average Bonchev–Trinajstić information content (AvgIpc) is 1.00. The third-order valence-electron chi connectivity index (χ3n) is 0. The van der Waals surface area contributed by atoms with Gasteiger partial charge in [0.15, 0.2) is 0 Å². The van der Waals surface area contributed by atoms with Crippen molar-refractivity contribution in [2.75, 3.05) is 0 Å². The van der Waals surface area contributed by atoms with Crippen LogP contribution in [0.3, 0.4) is 0 Å². The Morgan fingerprint density at radius 1 is 1.00 bits per heavy atom. The quantitative estimate of drug-likeness (QED) is 0.310. The van der Waals surface area contributed by atoms with E-state index < -0.39 is 0 Å². The van der Waals surface area contributed by atoms with Crippen LogP contribution < -0.4 is 41.9 Å². The van der Waals surface area contributed by atoms with Gasteiger partial charge in [0, 0.05) is 17.1 Å². The van der Waals surface area contributed by atoms with Gasteiger partial charge in [-0.25, -0.2) is 0 Å². The Hall–Kier alpha value is 1.18. The van der Waals surface area contributed by atoms with Crippen LogP contribution in [0.2, 0.25) is 0 Å². The molecule has 0 aromatic rings. The van der Waals surface area contributed by atoms with Gasteiger partial charge in [0.2, 0.25) is 0 Å². The summed E-state index contributed by atoms with van der Waals surface area (Å²) in [5.41, 5.74) is 0. The van der Waals surface area contributed by atoms with E-state index in [9.17, 15) is 0 Å². The van der Waals surface area contributed by atoms with Crippen molar-refractivity contribution in [1.29, 1.82) is 0 Å². The van der Waals surface area contributed by atoms with Crippen molar-refractivity contribution in [2.24, 2.45) is 0 Å². The van der Waals surface area contributed by atoms with Crippen molar-refractivity contribution in [1.82, 2.24) is 12.3 Å². The number of hydrogen-bond acceptors (Lipinski definition) is 2. The monoisotopic (exact) mass is 141 g/mol. The Kier molecular flexibility index (Phi) is 1150. The minimum absolute atomic E-state index is 0. The molecule has 0 aromatic heterocycles. The Labute approximate surface area is 73.2 Å². The summed E-state index contributed by atoms with van der Waals surface area (Å²) in [5, 5.41) is 0. The maximum atomic E-state index is 3.00. The fourth-order valence-corrected chi connectivity index (χ4v) is 0. The van der Waals surface area contributed by atoms with Gasteiger partial charge in [-0.3, -0.25) is 0 Å². The van der Waals surface area contributed by atoms with Crippen LogP contribution in [-0.4, -0.2) is 0 Å². The minimum Gasteiger partial charge on any atom is -1.00 e. The molecular formula is C2H11MnN2Na. The standard InChI is InChI=1S/C2H4.Mn.2H3N.Na.H/c1-2;;;;;/h1-2H2;;2*1H3;;/q;;;;+1;-1. The van der Waals surface area contributed by atoms with Crippen LogP contribution in [0.25, 0.3) is 0 Å². The Morgan fingerprint density at radius 3 is 1.00 bits per heavy atom. The summed E-state index contributed by atoms with van der Waals surface area (Å²) in [6.07, 6.45) is 0. The summed E-state index contributed by atoms with van der Waals surface area (Å²) in [6, 6.07) is 0. The van der Waals surface area contributed by atoms with E-state index in [0.29, 0.717) is 0 Å². The molecule has 0 aliphatic rings. The maximum absolute atomic E-state index is 3.00. The zero-order chi connectivity index (χ0) is 2.00. The van der Waals surface area contributed by atoms with Crippen LogP contribution in [-0.2, 0) is 17.1 Å². The summed E-state index contributed by atoms with van der Waals surface area (Å²) in [7, 11) is 0. The van der Waals surface area contributed by atoms with Gasteiger partial charge in [-0.15, -0.1) is 13.2 Å². The van der Waals surface area contributed by atoms with Crippen molar-refractivity contribution in [3.8, 4) is 0 Å². The van der Waals surface area contributed by atoms with Crippen LogP contribution in [0.15, 0.2) is 13.2 Å². The second-order valence-electron chi connectivity index (χ2n) is 0. The molecule has 0 heterocycles. The Bertz CT molecular complexity index is 15.7. The van der Waals surface area contributed by atoms with E-state index in [0.717, 1.165) is 0 Å². The van der Waals surface area contributed by atoms with Crippen LogP contribution in [0.1, 0.15) is 1.43 Å². The molecule has 1 radical (unpaired) electrons. The predicted molar refractivity (Wildman–Crippen MR) is 22.4 cm³/mol. The van der Waals surface area contributed by atoms with Gasteiger partial charge in [-0.2, -0.15) is 0 Å². The fraction of sp³-hybridized carbons (Fsp3) is 0. The normalized spacial score (nSPS) is 0.667. The molecule has 0 aliphatic carbocycles. The maximum Gasteiger partial charge on any atom is 1.00 e. The van der Waals surface area contributed by atoms with E-state index >= 15 is 0 Å². The first kappa shape index (κ1) is 57.7. The number of hydrogen-bond donors (Lipinski definition) is 2. The molecule has 0 fully saturated rings. The van der Waals surface area contributed by atoms with Crippen LogP contribution in [0.5, 0.6) is 0 Å². The molecule has 0 amide bonds. The van der Waals surface area contributed by atoms with E-state index in [2.05, 4.69) is 13.2 Å². The minimum atomic E-state index is 0. The molecule has 6 heavy (non-hydrogen) atoms. The molecule has 0 aliphatic heterocycles. The largest absolute Gasteiger partial charge is 1.00 e. The fourth-order valence-electron chi connectivity index (χ4n) is 0. The molecule has 0 bridgehead atoms. The summed E-state index contributed by atoms with van der Waals surface area (Å²) in [4.78, 5) is 0. The zero-order valence-corrected chi connectivity index (χ0v) is 7.39. The molecular weight excluding hydrogens is 130 g/mol. The summed E-state index contributed by atoms with van der Waals surface area (Å²) >= 11 is 0. The van der Waals surface area contributed by atoms with Gasteiger partial charge in [0.1, 0.15) is 0 Å². The molecule has 0 atom stereocenters. The third kappa shape index (κ3) is 65.0. The first-order chi connectivity index (χ1) is 1.00. The molecule has 0 spiro atoms. The first-order valence-electron chi connectivity index (χ1n) is 0.500. The SMILES string of the molecule is C=C.N.N.[H-].[Mn].[Na+]. The van der Waals surface area contributed by atoms with Crippen LogP contribution in [0, 0.1) is 0 Å². The molecule has 2 nitrogen and oxygen atoms in total. The molecule has 37 valence electrons. The molecule has 0 rings (SSSR count). The van der Waals surface area contributed by atoms with Crippen LogP contribution >= 0.6 is 0 Å². The van der Waals surface area contributed by atoms with Crippen molar-refractivity contribution >= 4 is 0 Å². The molecule has 4 heteroatoms. The molecule has 0 saturated heterocycles. The summed E-state index contributed by atoms with van der Waals surface area (Å²) in [5.74, 6) is 0. The van der Waals surface area contributed by atoms with Gasteiger partial charge in [0.25, 0.3) is 0 Å². The van der Waals surface area contributed by atoms with Gasteiger partial charge in [-0.1, -0.05) is 0 Å². The molecule has 0 unspecified atom stereocenters. The Morgan fingerprint density at radius 2 is 1.00 bits per heavy atom. The van der Waals surface area contributed by atoms with Gasteiger partial charge in [-0.05, 0) is 0 Å². The average molecular weight is 141 g/mol. The summed E-state index contributed by atoms with van der Waals surface area (Å²) in [6.45, 7) is 6.00. The van der Waals surface area contributed by atoms with E-state index in [1.165, 1.54) is 0 Å². The van der Waals surface area contributed by atoms with E-state index in [4.69, 9.17) is 0 Å². The van der Waals surface area contributed by atoms with E-state index in [1.807, 2.05) is 0 Å². The van der Waals surface area contributed by atoms with Gasteiger partial charge >= 0.3 is 29.6 Å². The smallest absolute Gasteiger partial charge is 1.00 e. The van der Waals surface area contributed by atoms with Crippen molar-refractivity contribution in [3.63, 3.8) is 0 Å². The molecule has 0 saturated carbocycles. The second kappa shape index (κ2) is 119. The third-order valence-corrected chi connectivity index (χ3v) is 0. The predicted octanol–water partition coefficient (Wildman–Crippen LogP) is -1.76.